The zero-order valence-corrected chi connectivity index (χ0v) is 7.39. The van der Waals surface area contributed by atoms with Crippen molar-refractivity contribution < 1.29 is 22.0 Å². The summed E-state index contributed by atoms with van der Waals surface area (Å²) in [7, 11) is 0. The molecule has 1 aromatic rings. The number of rotatable bonds is 4. The fourth-order valence-electron chi connectivity index (χ4n) is 0.479. The van der Waals surface area contributed by atoms with Crippen LogP contribution >= 0.6 is 0 Å². The quantitative estimate of drug-likeness (QED) is 0.593. The lowest BCUT2D eigenvalue weighted by Crippen LogP contribution is -2.07. The Bertz CT molecular complexity index is 307. The van der Waals surface area contributed by atoms with Gasteiger partial charge in [-0.2, -0.15) is 0 Å². The summed E-state index contributed by atoms with van der Waals surface area (Å²) in [6, 6.07) is 0. The van der Waals surface area contributed by atoms with Crippen molar-refractivity contribution in [2.24, 2.45) is 0 Å². The molecule has 0 aliphatic heterocycles. The van der Waals surface area contributed by atoms with Crippen molar-refractivity contribution >= 4 is 34.2 Å². The summed E-state index contributed by atoms with van der Waals surface area (Å²) in [6.45, 7) is 0. The van der Waals surface area contributed by atoms with Gasteiger partial charge in [0.2, 0.25) is 5.82 Å². The molecule has 0 aliphatic carbocycles. The van der Waals surface area contributed by atoms with Gasteiger partial charge in [-0.1, -0.05) is 5.10 Å². The number of hydrogen-bond acceptors (Lipinski definition) is 7. The molecule has 0 saturated heterocycles. The summed E-state index contributed by atoms with van der Waals surface area (Å²) in [6.07, 6.45) is 0. The van der Waals surface area contributed by atoms with Gasteiger partial charge >= 0.3 is 0 Å². The molecule has 0 radical (unpaired) electrons. The van der Waals surface area contributed by atoms with Crippen LogP contribution in [0.15, 0.2) is 4.52 Å². The normalized spacial score (nSPS) is 14.9. The van der Waals surface area contributed by atoms with Gasteiger partial charge in [-0.05, 0) is 0 Å². The number of hydrogen-bond donors (Lipinski definition) is 2. The third kappa shape index (κ3) is 3.06. The van der Waals surface area contributed by atoms with Gasteiger partial charge in [0.1, 0.15) is 0 Å². The Morgan fingerprint density at radius 2 is 1.85 bits per heavy atom. The molecule has 1 rings (SSSR count). The predicted octanol–water partition coefficient (Wildman–Crippen LogP) is -1.52. The van der Waals surface area contributed by atoms with Gasteiger partial charge in [-0.15, -0.1) is 0 Å². The molecule has 13 heavy (non-hydrogen) atoms. The molecule has 1 heterocycles. The summed E-state index contributed by atoms with van der Waals surface area (Å²) in [5, 5.41) is 6.08. The molecular weight excluding hydrogens is 224 g/mol. The molecule has 2 atom stereocenters. The molecular formula is C2H2N4O5S2-2. The maximum atomic E-state index is 10.1. The van der Waals surface area contributed by atoms with E-state index in [2.05, 4.69) is 14.9 Å². The third-order valence-corrected chi connectivity index (χ3v) is 1.56. The molecule has 0 fully saturated rings. The molecule has 0 aromatic carbocycles. The monoisotopic (exact) mass is 226 g/mol. The molecule has 1 aromatic heterocycles. The maximum Gasteiger partial charge on any atom is 0.281 e. The Morgan fingerprint density at radius 1 is 1.23 bits per heavy atom. The van der Waals surface area contributed by atoms with E-state index in [9.17, 15) is 17.5 Å². The highest BCUT2D eigenvalue weighted by Gasteiger charge is 2.08. The summed E-state index contributed by atoms with van der Waals surface area (Å²) >= 11 is -5.26. The minimum absolute atomic E-state index is 0.336. The molecule has 2 unspecified atom stereocenters. The zero-order valence-electron chi connectivity index (χ0n) is 5.75. The molecule has 2 N–H and O–H groups in total. The van der Waals surface area contributed by atoms with Crippen molar-refractivity contribution in [2.75, 3.05) is 9.44 Å². The highest BCUT2D eigenvalue weighted by Crippen LogP contribution is 2.17. The Kier molecular flexibility index (Phi) is 3.30. The fraction of sp³-hybridized carbons (Fsp3) is 0. The Balaban J connectivity index is 2.76. The third-order valence-electron chi connectivity index (χ3n) is 0.844. The van der Waals surface area contributed by atoms with Crippen LogP contribution in [0.1, 0.15) is 0 Å². The van der Waals surface area contributed by atoms with E-state index in [1.165, 1.54) is 0 Å². The van der Waals surface area contributed by atoms with Crippen LogP contribution in [0.25, 0.3) is 0 Å². The van der Waals surface area contributed by atoms with E-state index in [4.69, 9.17) is 0 Å². The van der Waals surface area contributed by atoms with Crippen LogP contribution in [0.3, 0.4) is 0 Å². The second-order valence-corrected chi connectivity index (χ2v) is 2.97. The van der Waals surface area contributed by atoms with Crippen molar-refractivity contribution in [1.82, 2.24) is 10.4 Å². The predicted molar refractivity (Wildman–Crippen MR) is 39.4 cm³/mol. The first kappa shape index (κ1) is 10.0. The van der Waals surface area contributed by atoms with Gasteiger partial charge in [0.15, 0.2) is 0 Å². The topological polar surface area (TPSA) is 143 Å². The molecule has 0 amide bonds. The van der Waals surface area contributed by atoms with Gasteiger partial charge in [-0.25, -0.2) is 0 Å². The zero-order chi connectivity index (χ0) is 9.84. The highest BCUT2D eigenvalue weighted by molar-refractivity contribution is 7.81. The SMILES string of the molecule is O=S([O-])Nc1nnoc1NS(=O)[O-]. The molecule has 0 bridgehead atoms. The van der Waals surface area contributed by atoms with Gasteiger partial charge in [0.25, 0.3) is 5.88 Å². The Hall–Kier alpha value is -1.04. The Morgan fingerprint density at radius 3 is 2.38 bits per heavy atom. The lowest BCUT2D eigenvalue weighted by atomic mass is 10.7. The average molecular weight is 226 g/mol. The van der Waals surface area contributed by atoms with Crippen LogP contribution in [-0.2, 0) is 22.5 Å². The second-order valence-electron chi connectivity index (χ2n) is 1.62. The van der Waals surface area contributed by atoms with Crippen molar-refractivity contribution in [1.29, 1.82) is 0 Å². The van der Waals surface area contributed by atoms with E-state index in [0.717, 1.165) is 0 Å². The summed E-state index contributed by atoms with van der Waals surface area (Å²) in [4.78, 5) is 0. The first-order valence-corrected chi connectivity index (χ1v) is 4.79. The average Bonchev–Trinajstić information content (AvgIpc) is 2.34. The van der Waals surface area contributed by atoms with Crippen LogP contribution in [0, 0.1) is 0 Å². The van der Waals surface area contributed by atoms with E-state index in [1.54, 1.807) is 9.44 Å². The smallest absolute Gasteiger partial charge is 0.281 e. The fourth-order valence-corrected chi connectivity index (χ4v) is 1.06. The first-order chi connectivity index (χ1) is 6.09. The lowest BCUT2D eigenvalue weighted by molar-refractivity contribution is 0.406. The minimum atomic E-state index is -2.63. The van der Waals surface area contributed by atoms with Gasteiger partial charge < -0.3 is 13.6 Å². The maximum absolute atomic E-state index is 10.1. The lowest BCUT2D eigenvalue weighted by Gasteiger charge is -2.07. The largest absolute Gasteiger partial charge is 0.755 e. The second kappa shape index (κ2) is 4.27. The molecule has 9 nitrogen and oxygen atoms in total. The van der Waals surface area contributed by atoms with Crippen LogP contribution in [0.5, 0.6) is 0 Å². The first-order valence-electron chi connectivity index (χ1n) is 2.64. The molecule has 0 aliphatic rings. The summed E-state index contributed by atoms with van der Waals surface area (Å²) in [5.74, 6) is -0.741. The van der Waals surface area contributed by atoms with Crippen LogP contribution in [0.4, 0.5) is 11.7 Å². The van der Waals surface area contributed by atoms with E-state index < -0.39 is 28.4 Å². The van der Waals surface area contributed by atoms with Gasteiger partial charge in [-0.3, -0.25) is 17.9 Å². The number of anilines is 2. The number of aromatic nitrogens is 2. The van der Waals surface area contributed by atoms with Crippen molar-refractivity contribution in [3.05, 3.63) is 0 Å². The van der Waals surface area contributed by atoms with Crippen LogP contribution < -0.4 is 9.44 Å². The van der Waals surface area contributed by atoms with Crippen LogP contribution in [0.2, 0.25) is 0 Å². The summed E-state index contributed by atoms with van der Waals surface area (Å²) in [5.41, 5.74) is 0. The Labute approximate surface area is 76.7 Å². The van der Waals surface area contributed by atoms with Gasteiger partial charge in [0.05, 0.1) is 0 Å². The minimum Gasteiger partial charge on any atom is -0.755 e. The molecule has 0 spiro atoms. The number of nitrogens with one attached hydrogen (secondary N) is 2. The van der Waals surface area contributed by atoms with Crippen molar-refractivity contribution in [3.63, 3.8) is 0 Å². The van der Waals surface area contributed by atoms with E-state index in [0.29, 0.717) is 0 Å². The van der Waals surface area contributed by atoms with E-state index in [-0.39, 0.29) is 5.82 Å². The van der Waals surface area contributed by atoms with Gasteiger partial charge in [0, 0.05) is 27.8 Å². The number of nitrogens with zero attached hydrogens (tertiary/aromatic N) is 2. The molecule has 0 saturated carbocycles. The van der Waals surface area contributed by atoms with Crippen molar-refractivity contribution in [2.45, 2.75) is 0 Å². The summed E-state index contributed by atoms with van der Waals surface area (Å²) < 4.78 is 48.2. The molecule has 11 heteroatoms. The highest BCUT2D eigenvalue weighted by atomic mass is 32.2. The van der Waals surface area contributed by atoms with E-state index in [1.807, 2.05) is 0 Å². The molecule has 74 valence electrons. The van der Waals surface area contributed by atoms with Crippen molar-refractivity contribution in [3.8, 4) is 0 Å². The standard InChI is InChI=1S/C2H4N4O5S2/c7-12(8)4-1-2(5-13(9)10)11-6-3-1/h4-5H,(H,7,8)(H,9,10)/p-2. The van der Waals surface area contributed by atoms with Crippen LogP contribution in [-0.4, -0.2) is 27.9 Å². The van der Waals surface area contributed by atoms with E-state index >= 15 is 0 Å².